The number of hydrogen-bond acceptors (Lipinski definition) is 3. The Morgan fingerprint density at radius 1 is 1.53 bits per heavy atom. The van der Waals surface area contributed by atoms with Crippen molar-refractivity contribution < 1.29 is 9.59 Å². The van der Waals surface area contributed by atoms with Crippen LogP contribution in [-0.4, -0.2) is 39.6 Å². The van der Waals surface area contributed by atoms with E-state index in [1.54, 1.807) is 4.68 Å². The molecule has 1 N–H and O–H groups in total. The van der Waals surface area contributed by atoms with Crippen LogP contribution in [-0.2, 0) is 23.2 Å². The fourth-order valence-corrected chi connectivity index (χ4v) is 1.49. The molecule has 15 heavy (non-hydrogen) atoms. The van der Waals surface area contributed by atoms with Gasteiger partial charge in [-0.2, -0.15) is 5.10 Å². The predicted molar refractivity (Wildman–Crippen MR) is 51.6 cm³/mol. The third-order valence-corrected chi connectivity index (χ3v) is 2.25. The van der Waals surface area contributed by atoms with Crippen LogP contribution in [0.25, 0.3) is 0 Å². The van der Waals surface area contributed by atoms with Gasteiger partial charge in [-0.3, -0.25) is 14.3 Å². The number of amides is 2. The first-order chi connectivity index (χ1) is 7.15. The highest BCUT2D eigenvalue weighted by atomic mass is 16.2. The van der Waals surface area contributed by atoms with E-state index < -0.39 is 0 Å². The van der Waals surface area contributed by atoms with Crippen LogP contribution in [0.3, 0.4) is 0 Å². The van der Waals surface area contributed by atoms with E-state index in [9.17, 15) is 9.59 Å². The summed E-state index contributed by atoms with van der Waals surface area (Å²) in [7, 11) is 1.81. The Morgan fingerprint density at radius 2 is 2.33 bits per heavy atom. The molecule has 2 heterocycles. The van der Waals surface area contributed by atoms with Crippen molar-refractivity contribution in [3.8, 4) is 0 Å². The molecule has 0 aliphatic carbocycles. The molecular formula is C9H12N4O2. The Morgan fingerprint density at radius 3 is 3.00 bits per heavy atom. The first-order valence-electron chi connectivity index (χ1n) is 4.68. The van der Waals surface area contributed by atoms with Gasteiger partial charge < -0.3 is 10.2 Å². The number of aromatic nitrogens is 2. The summed E-state index contributed by atoms with van der Waals surface area (Å²) in [6, 6.07) is 1.83. The summed E-state index contributed by atoms with van der Waals surface area (Å²) in [6.45, 7) is 0.605. The third-order valence-electron chi connectivity index (χ3n) is 2.25. The molecule has 1 aromatic heterocycles. The summed E-state index contributed by atoms with van der Waals surface area (Å²) in [5.74, 6) is -0.189. The fraction of sp³-hybridized carbons (Fsp3) is 0.444. The molecule has 1 aliphatic rings. The molecule has 2 rings (SSSR count). The maximum atomic E-state index is 11.4. The molecule has 0 bridgehead atoms. The molecule has 6 nitrogen and oxygen atoms in total. The van der Waals surface area contributed by atoms with Crippen LogP contribution in [0.4, 0.5) is 0 Å². The minimum atomic E-state index is -0.120. The van der Waals surface area contributed by atoms with E-state index in [1.165, 1.54) is 4.90 Å². The molecule has 0 spiro atoms. The molecule has 0 saturated carbocycles. The molecule has 0 aromatic carbocycles. The quantitative estimate of drug-likeness (QED) is 0.669. The van der Waals surface area contributed by atoms with Gasteiger partial charge in [-0.25, -0.2) is 0 Å². The van der Waals surface area contributed by atoms with Gasteiger partial charge in [0.05, 0.1) is 25.3 Å². The maximum absolute atomic E-state index is 11.4. The van der Waals surface area contributed by atoms with Crippen LogP contribution in [0.5, 0.6) is 0 Å². The Balaban J connectivity index is 2.04. The highest BCUT2D eigenvalue weighted by Gasteiger charge is 2.23. The van der Waals surface area contributed by atoms with Gasteiger partial charge in [0.2, 0.25) is 11.8 Å². The summed E-state index contributed by atoms with van der Waals surface area (Å²) < 4.78 is 1.67. The number of piperazine rings is 1. The number of nitrogens with one attached hydrogen (secondary N) is 1. The van der Waals surface area contributed by atoms with Crippen molar-refractivity contribution in [1.29, 1.82) is 0 Å². The van der Waals surface area contributed by atoms with Crippen molar-refractivity contribution in [2.45, 2.75) is 6.54 Å². The van der Waals surface area contributed by atoms with Gasteiger partial charge in [-0.05, 0) is 6.07 Å². The molecular weight excluding hydrogens is 196 g/mol. The van der Waals surface area contributed by atoms with Gasteiger partial charge in [0.25, 0.3) is 0 Å². The van der Waals surface area contributed by atoms with Gasteiger partial charge in [-0.1, -0.05) is 0 Å². The molecule has 2 amide bonds. The summed E-state index contributed by atoms with van der Waals surface area (Å²) in [5.41, 5.74) is 0.792. The zero-order chi connectivity index (χ0) is 10.8. The highest BCUT2D eigenvalue weighted by molar-refractivity contribution is 5.92. The van der Waals surface area contributed by atoms with Crippen LogP contribution < -0.4 is 5.32 Å². The van der Waals surface area contributed by atoms with E-state index in [0.717, 1.165) is 5.69 Å². The fourth-order valence-electron chi connectivity index (χ4n) is 1.49. The Hall–Kier alpha value is -1.85. The topological polar surface area (TPSA) is 67.2 Å². The van der Waals surface area contributed by atoms with Gasteiger partial charge in [0.1, 0.15) is 0 Å². The zero-order valence-corrected chi connectivity index (χ0v) is 8.43. The number of carbonyl (C=O) groups is 2. The van der Waals surface area contributed by atoms with Crippen LogP contribution in [0.15, 0.2) is 12.3 Å². The zero-order valence-electron chi connectivity index (χ0n) is 8.43. The minimum Gasteiger partial charge on any atom is -0.345 e. The average molecular weight is 208 g/mol. The van der Waals surface area contributed by atoms with Gasteiger partial charge in [-0.15, -0.1) is 0 Å². The second-order valence-electron chi connectivity index (χ2n) is 3.51. The summed E-state index contributed by atoms with van der Waals surface area (Å²) in [5, 5.41) is 6.65. The van der Waals surface area contributed by atoms with Crippen molar-refractivity contribution in [1.82, 2.24) is 20.0 Å². The van der Waals surface area contributed by atoms with Gasteiger partial charge in [0.15, 0.2) is 0 Å². The standard InChI is InChI=1S/C9H12N4O2/c1-12-3-2-7(11-12)5-13-6-8(14)10-4-9(13)15/h2-3H,4-6H2,1H3,(H,10,14). The van der Waals surface area contributed by atoms with Crippen LogP contribution in [0.1, 0.15) is 5.69 Å². The summed E-state index contributed by atoms with van der Waals surface area (Å²) >= 11 is 0. The molecule has 6 heteroatoms. The van der Waals surface area contributed by atoms with E-state index >= 15 is 0 Å². The lowest BCUT2D eigenvalue weighted by molar-refractivity contribution is -0.141. The molecule has 1 aromatic rings. The Labute approximate surface area is 86.9 Å². The van der Waals surface area contributed by atoms with Crippen molar-refractivity contribution in [3.63, 3.8) is 0 Å². The van der Waals surface area contributed by atoms with Crippen LogP contribution in [0, 0.1) is 0 Å². The first-order valence-corrected chi connectivity index (χ1v) is 4.68. The summed E-state index contributed by atoms with van der Waals surface area (Å²) in [6.07, 6.45) is 1.81. The average Bonchev–Trinajstić information content (AvgIpc) is 2.58. The second kappa shape index (κ2) is 3.72. The second-order valence-corrected chi connectivity index (χ2v) is 3.51. The number of carbonyl (C=O) groups excluding carboxylic acids is 2. The Bertz CT molecular complexity index is 399. The van der Waals surface area contributed by atoms with Crippen molar-refractivity contribution in [2.24, 2.45) is 7.05 Å². The van der Waals surface area contributed by atoms with Gasteiger partial charge >= 0.3 is 0 Å². The Kier molecular flexibility index (Phi) is 2.40. The van der Waals surface area contributed by atoms with E-state index in [0.29, 0.717) is 6.54 Å². The highest BCUT2D eigenvalue weighted by Crippen LogP contribution is 2.03. The number of aryl methyl sites for hydroxylation is 1. The van der Waals surface area contributed by atoms with E-state index in [1.807, 2.05) is 19.3 Å². The number of hydrogen-bond donors (Lipinski definition) is 1. The van der Waals surface area contributed by atoms with E-state index in [2.05, 4.69) is 10.4 Å². The lowest BCUT2D eigenvalue weighted by Gasteiger charge is -2.25. The van der Waals surface area contributed by atoms with Gasteiger partial charge in [0, 0.05) is 13.2 Å². The number of nitrogens with zero attached hydrogens (tertiary/aromatic N) is 3. The smallest absolute Gasteiger partial charge is 0.242 e. The third kappa shape index (κ3) is 2.15. The monoisotopic (exact) mass is 208 g/mol. The van der Waals surface area contributed by atoms with Crippen LogP contribution in [0.2, 0.25) is 0 Å². The lowest BCUT2D eigenvalue weighted by atomic mass is 10.3. The molecule has 80 valence electrons. The lowest BCUT2D eigenvalue weighted by Crippen LogP contribution is -2.51. The molecule has 0 radical (unpaired) electrons. The maximum Gasteiger partial charge on any atom is 0.242 e. The normalized spacial score (nSPS) is 16.7. The van der Waals surface area contributed by atoms with Crippen LogP contribution >= 0.6 is 0 Å². The van der Waals surface area contributed by atoms with Crippen molar-refractivity contribution in [2.75, 3.05) is 13.1 Å². The SMILES string of the molecule is Cn1ccc(CN2CC(=O)NCC2=O)n1. The summed E-state index contributed by atoms with van der Waals surface area (Å²) in [4.78, 5) is 24.0. The largest absolute Gasteiger partial charge is 0.345 e. The van der Waals surface area contributed by atoms with E-state index in [-0.39, 0.29) is 24.9 Å². The molecule has 1 fully saturated rings. The number of rotatable bonds is 2. The minimum absolute atomic E-state index is 0.0692. The molecule has 1 saturated heterocycles. The predicted octanol–water partition coefficient (Wildman–Crippen LogP) is -1.12. The first kappa shape index (κ1) is 9.70. The molecule has 0 unspecified atom stereocenters. The molecule has 1 aliphatic heterocycles. The molecule has 0 atom stereocenters. The van der Waals surface area contributed by atoms with E-state index in [4.69, 9.17) is 0 Å². The van der Waals surface area contributed by atoms with Crippen molar-refractivity contribution >= 4 is 11.8 Å². The van der Waals surface area contributed by atoms with Crippen molar-refractivity contribution in [3.05, 3.63) is 18.0 Å².